The largest absolute Gasteiger partial charge is 0.466 e. The minimum atomic E-state index is -1.27. The molecule has 2 aromatic carbocycles. The third-order valence-electron chi connectivity index (χ3n) is 5.83. The molecule has 1 N–H and O–H groups in total. The van der Waals surface area contributed by atoms with E-state index in [1.54, 1.807) is 31.2 Å². The number of esters is 1. The Bertz CT molecular complexity index is 904. The summed E-state index contributed by atoms with van der Waals surface area (Å²) < 4.78 is 19.5. The lowest BCUT2D eigenvalue weighted by Gasteiger charge is -2.15. The SMILES string of the molecule is CCOC(=O)C1C2CC(Sc3cc(C(=O)C(O)c4ccccc4)ccc3F)CC21. The highest BCUT2D eigenvalue weighted by atomic mass is 32.2. The molecular formula is C23H23FO4S. The number of aliphatic hydroxyl groups excluding tert-OH is 1. The molecule has 2 aliphatic rings. The van der Waals surface area contributed by atoms with Gasteiger partial charge in [0.1, 0.15) is 11.9 Å². The van der Waals surface area contributed by atoms with Crippen LogP contribution in [0.1, 0.15) is 41.8 Å². The zero-order valence-corrected chi connectivity index (χ0v) is 16.9. The van der Waals surface area contributed by atoms with Crippen LogP contribution in [0.4, 0.5) is 4.39 Å². The smallest absolute Gasteiger partial charge is 0.309 e. The molecule has 0 heterocycles. The average Bonchev–Trinajstić information content (AvgIpc) is 3.25. The summed E-state index contributed by atoms with van der Waals surface area (Å²) in [4.78, 5) is 25.0. The van der Waals surface area contributed by atoms with E-state index in [-0.39, 0.29) is 28.5 Å². The zero-order valence-electron chi connectivity index (χ0n) is 16.1. The van der Waals surface area contributed by atoms with Gasteiger partial charge in [-0.2, -0.15) is 0 Å². The lowest BCUT2D eigenvalue weighted by atomic mass is 10.00. The molecular weight excluding hydrogens is 391 g/mol. The number of aliphatic hydroxyl groups is 1. The van der Waals surface area contributed by atoms with Crippen LogP contribution in [0.25, 0.3) is 0 Å². The number of carbonyl (C=O) groups excluding carboxylic acids is 2. The maximum atomic E-state index is 14.4. The molecule has 3 atom stereocenters. The van der Waals surface area contributed by atoms with Crippen LogP contribution in [0.5, 0.6) is 0 Å². The van der Waals surface area contributed by atoms with E-state index >= 15 is 0 Å². The Labute approximate surface area is 173 Å². The molecule has 29 heavy (non-hydrogen) atoms. The van der Waals surface area contributed by atoms with Crippen LogP contribution in [-0.4, -0.2) is 28.7 Å². The molecule has 4 nitrogen and oxygen atoms in total. The van der Waals surface area contributed by atoms with Gasteiger partial charge in [0, 0.05) is 15.7 Å². The maximum Gasteiger partial charge on any atom is 0.309 e. The first kappa shape index (κ1) is 20.1. The molecule has 2 aromatic rings. The fraction of sp³-hybridized carbons (Fsp3) is 0.391. The highest BCUT2D eigenvalue weighted by Gasteiger charge is 2.60. The number of ketones is 1. The fourth-order valence-corrected chi connectivity index (χ4v) is 5.72. The number of rotatable bonds is 7. The van der Waals surface area contributed by atoms with Crippen molar-refractivity contribution in [2.75, 3.05) is 6.61 Å². The number of Topliss-reactive ketones (excluding diaryl/α,β-unsaturated/α-hetero) is 1. The third-order valence-corrected chi connectivity index (χ3v) is 7.12. The van der Waals surface area contributed by atoms with E-state index in [9.17, 15) is 19.1 Å². The highest BCUT2D eigenvalue weighted by molar-refractivity contribution is 8.00. The summed E-state index contributed by atoms with van der Waals surface area (Å²) in [6.07, 6.45) is 0.426. The van der Waals surface area contributed by atoms with E-state index in [2.05, 4.69) is 0 Å². The minimum Gasteiger partial charge on any atom is -0.466 e. The number of ether oxygens (including phenoxy) is 1. The Morgan fingerprint density at radius 3 is 2.52 bits per heavy atom. The first-order valence-electron chi connectivity index (χ1n) is 9.89. The Morgan fingerprint density at radius 2 is 1.86 bits per heavy atom. The van der Waals surface area contributed by atoms with Gasteiger partial charge in [-0.3, -0.25) is 9.59 Å². The second-order valence-electron chi connectivity index (χ2n) is 7.64. The molecule has 0 radical (unpaired) electrons. The van der Waals surface area contributed by atoms with Gasteiger partial charge in [-0.15, -0.1) is 11.8 Å². The molecule has 0 aromatic heterocycles. The van der Waals surface area contributed by atoms with E-state index in [0.717, 1.165) is 12.8 Å². The summed E-state index contributed by atoms with van der Waals surface area (Å²) in [5.74, 6) is -0.262. The molecule has 0 spiro atoms. The summed E-state index contributed by atoms with van der Waals surface area (Å²) in [6.45, 7) is 2.20. The summed E-state index contributed by atoms with van der Waals surface area (Å²) in [5.41, 5.74) is 0.801. The van der Waals surface area contributed by atoms with Crippen LogP contribution in [0.2, 0.25) is 0 Å². The number of carbonyl (C=O) groups is 2. The molecule has 2 saturated carbocycles. The first-order valence-corrected chi connectivity index (χ1v) is 10.8. The predicted octanol–water partition coefficient (Wildman–Crippen LogP) is 4.42. The second-order valence-corrected chi connectivity index (χ2v) is 8.98. The summed E-state index contributed by atoms with van der Waals surface area (Å²) in [7, 11) is 0. The van der Waals surface area contributed by atoms with Gasteiger partial charge >= 0.3 is 5.97 Å². The van der Waals surface area contributed by atoms with Crippen molar-refractivity contribution in [3.63, 3.8) is 0 Å². The van der Waals surface area contributed by atoms with Gasteiger partial charge in [0.05, 0.1) is 12.5 Å². The Hall–Kier alpha value is -2.18. The number of hydrogen-bond donors (Lipinski definition) is 1. The van der Waals surface area contributed by atoms with Crippen LogP contribution in [0, 0.1) is 23.6 Å². The molecule has 2 aliphatic carbocycles. The zero-order chi connectivity index (χ0) is 20.5. The van der Waals surface area contributed by atoms with Crippen molar-refractivity contribution in [2.45, 2.75) is 36.0 Å². The molecule has 0 saturated heterocycles. The highest BCUT2D eigenvalue weighted by Crippen LogP contribution is 2.61. The summed E-state index contributed by atoms with van der Waals surface area (Å²) in [5, 5.41) is 10.6. The molecule has 6 heteroatoms. The van der Waals surface area contributed by atoms with Gasteiger partial charge in [-0.1, -0.05) is 30.3 Å². The van der Waals surface area contributed by atoms with Crippen molar-refractivity contribution in [3.05, 3.63) is 65.5 Å². The number of benzene rings is 2. The standard InChI is InChI=1S/C23H23FO4S/c1-2-28-23(27)20-16-11-15(12-17(16)20)29-19-10-14(8-9-18(19)24)22(26)21(25)13-6-4-3-5-7-13/h3-10,15-17,20-21,25H,2,11-12H2,1H3. The van der Waals surface area contributed by atoms with Crippen LogP contribution >= 0.6 is 11.8 Å². The van der Waals surface area contributed by atoms with Crippen molar-refractivity contribution < 1.29 is 23.8 Å². The second kappa shape index (κ2) is 8.28. The van der Waals surface area contributed by atoms with Gasteiger partial charge in [-0.25, -0.2) is 4.39 Å². The van der Waals surface area contributed by atoms with E-state index in [4.69, 9.17) is 4.74 Å². The number of hydrogen-bond acceptors (Lipinski definition) is 5. The van der Waals surface area contributed by atoms with Crippen LogP contribution in [-0.2, 0) is 9.53 Å². The normalized spacial score (nSPS) is 25.9. The molecule has 152 valence electrons. The van der Waals surface area contributed by atoms with Gasteiger partial charge in [0.2, 0.25) is 0 Å². The lowest BCUT2D eigenvalue weighted by molar-refractivity contribution is -0.145. The van der Waals surface area contributed by atoms with Crippen LogP contribution in [0.15, 0.2) is 53.4 Å². The number of thioether (sulfide) groups is 1. The summed E-state index contributed by atoms with van der Waals surface area (Å²) in [6, 6.07) is 12.9. The molecule has 2 fully saturated rings. The molecule has 0 aliphatic heterocycles. The fourth-order valence-electron chi connectivity index (χ4n) is 4.35. The van der Waals surface area contributed by atoms with E-state index in [1.165, 1.54) is 30.0 Å². The van der Waals surface area contributed by atoms with Crippen LogP contribution in [0.3, 0.4) is 0 Å². The predicted molar refractivity (Wildman–Crippen MR) is 108 cm³/mol. The molecule has 0 bridgehead atoms. The quantitative estimate of drug-likeness (QED) is 0.537. The third kappa shape index (κ3) is 4.09. The van der Waals surface area contributed by atoms with Gasteiger partial charge in [0.15, 0.2) is 5.78 Å². The average molecular weight is 414 g/mol. The maximum absolute atomic E-state index is 14.4. The monoisotopic (exact) mass is 414 g/mol. The van der Waals surface area contributed by atoms with Gasteiger partial charge in [-0.05, 0) is 55.4 Å². The number of halogens is 1. The van der Waals surface area contributed by atoms with E-state index in [0.29, 0.717) is 28.9 Å². The lowest BCUT2D eigenvalue weighted by Crippen LogP contribution is -2.14. The minimum absolute atomic E-state index is 0.00517. The van der Waals surface area contributed by atoms with Crippen molar-refractivity contribution in [1.29, 1.82) is 0 Å². The Balaban J connectivity index is 1.41. The summed E-state index contributed by atoms with van der Waals surface area (Å²) >= 11 is 1.42. The van der Waals surface area contributed by atoms with Crippen molar-refractivity contribution in [3.8, 4) is 0 Å². The Kier molecular flexibility index (Phi) is 5.74. The molecule has 4 rings (SSSR count). The van der Waals surface area contributed by atoms with Gasteiger partial charge < -0.3 is 9.84 Å². The van der Waals surface area contributed by atoms with E-state index in [1.807, 2.05) is 6.07 Å². The topological polar surface area (TPSA) is 63.6 Å². The van der Waals surface area contributed by atoms with E-state index < -0.39 is 11.9 Å². The first-order chi connectivity index (χ1) is 14.0. The molecule has 3 unspecified atom stereocenters. The van der Waals surface area contributed by atoms with Crippen molar-refractivity contribution in [1.82, 2.24) is 0 Å². The van der Waals surface area contributed by atoms with Gasteiger partial charge in [0.25, 0.3) is 0 Å². The Morgan fingerprint density at radius 1 is 1.17 bits per heavy atom. The van der Waals surface area contributed by atoms with Crippen molar-refractivity contribution in [2.24, 2.45) is 17.8 Å². The van der Waals surface area contributed by atoms with Crippen molar-refractivity contribution >= 4 is 23.5 Å². The molecule has 0 amide bonds. The van der Waals surface area contributed by atoms with Crippen LogP contribution < -0.4 is 0 Å². The number of fused-ring (bicyclic) bond motifs is 1.